The van der Waals surface area contributed by atoms with E-state index in [1.807, 2.05) is 67.1 Å². The van der Waals surface area contributed by atoms with E-state index in [0.717, 1.165) is 26.2 Å². The molecule has 150 valence electrons. The van der Waals surface area contributed by atoms with Crippen LogP contribution < -0.4 is 10.6 Å². The smallest absolute Gasteiger partial charge is 0.234 e. The minimum absolute atomic E-state index is 0.0815. The molecule has 5 nitrogen and oxygen atoms in total. The molecular weight excluding hydrogens is 422 g/mol. The maximum atomic E-state index is 12.3. The first-order chi connectivity index (χ1) is 14.0. The number of carbonyl (C=O) groups excluding carboxylic acids is 2. The second-order valence-corrected chi connectivity index (χ2v) is 9.22. The number of hydrogen-bond acceptors (Lipinski definition) is 6. The molecule has 3 aromatic rings. The summed E-state index contributed by atoms with van der Waals surface area (Å²) in [6.07, 6.45) is 2.20. The number of hydrogen-bond donors (Lipinski definition) is 2. The summed E-state index contributed by atoms with van der Waals surface area (Å²) in [5.74, 6) is 0.0818. The maximum absolute atomic E-state index is 12.3. The van der Waals surface area contributed by atoms with Crippen LogP contribution in [0.4, 0.5) is 11.4 Å². The van der Waals surface area contributed by atoms with Gasteiger partial charge in [-0.05, 0) is 43.5 Å². The predicted octanol–water partition coefficient (Wildman–Crippen LogP) is 5.09. The van der Waals surface area contributed by atoms with Gasteiger partial charge in [-0.2, -0.15) is 0 Å². The van der Waals surface area contributed by atoms with Crippen molar-refractivity contribution >= 4 is 58.0 Å². The van der Waals surface area contributed by atoms with E-state index in [0.29, 0.717) is 5.69 Å². The summed E-state index contributed by atoms with van der Waals surface area (Å²) in [6, 6.07) is 15.4. The van der Waals surface area contributed by atoms with Gasteiger partial charge in [0.1, 0.15) is 0 Å². The summed E-state index contributed by atoms with van der Waals surface area (Å²) in [4.78, 5) is 29.9. The molecule has 0 unspecified atom stereocenters. The number of carbonyl (C=O) groups is 2. The normalized spacial score (nSPS) is 10.6. The Kier molecular flexibility index (Phi) is 7.74. The summed E-state index contributed by atoms with van der Waals surface area (Å²) >= 11 is 4.44. The van der Waals surface area contributed by atoms with Gasteiger partial charge in [-0.25, -0.2) is 4.98 Å². The van der Waals surface area contributed by atoms with E-state index >= 15 is 0 Å². The van der Waals surface area contributed by atoms with Crippen molar-refractivity contribution in [2.45, 2.75) is 22.6 Å². The molecule has 0 bridgehead atoms. The number of thiazole rings is 1. The van der Waals surface area contributed by atoms with Crippen LogP contribution in [0, 0.1) is 6.92 Å². The van der Waals surface area contributed by atoms with E-state index in [1.54, 1.807) is 11.8 Å². The van der Waals surface area contributed by atoms with Crippen molar-refractivity contribution in [2.75, 3.05) is 22.6 Å². The van der Waals surface area contributed by atoms with Crippen LogP contribution in [-0.2, 0) is 16.0 Å². The summed E-state index contributed by atoms with van der Waals surface area (Å²) in [6.45, 7) is 2.00. The Morgan fingerprint density at radius 2 is 1.79 bits per heavy atom. The average molecular weight is 444 g/mol. The first-order valence-corrected chi connectivity index (χ1v) is 12.0. The molecule has 0 spiro atoms. The summed E-state index contributed by atoms with van der Waals surface area (Å²) in [5, 5.41) is 7.62. The lowest BCUT2D eigenvalue weighted by molar-refractivity contribution is -0.116. The molecule has 0 aliphatic heterocycles. The Labute approximate surface area is 182 Å². The second-order valence-electron chi connectivity index (χ2n) is 6.26. The molecule has 0 saturated carbocycles. The Morgan fingerprint density at radius 3 is 2.55 bits per heavy atom. The zero-order valence-electron chi connectivity index (χ0n) is 16.1. The van der Waals surface area contributed by atoms with Crippen molar-refractivity contribution in [1.82, 2.24) is 4.98 Å². The van der Waals surface area contributed by atoms with E-state index in [1.165, 1.54) is 23.1 Å². The summed E-state index contributed by atoms with van der Waals surface area (Å²) in [7, 11) is 0. The monoisotopic (exact) mass is 443 g/mol. The van der Waals surface area contributed by atoms with E-state index in [9.17, 15) is 9.59 Å². The lowest BCUT2D eigenvalue weighted by atomic mass is 10.2. The van der Waals surface area contributed by atoms with Gasteiger partial charge >= 0.3 is 0 Å². The molecule has 2 amide bonds. The lowest BCUT2D eigenvalue weighted by Crippen LogP contribution is -2.15. The van der Waals surface area contributed by atoms with Crippen LogP contribution >= 0.6 is 34.9 Å². The maximum Gasteiger partial charge on any atom is 0.234 e. The highest BCUT2D eigenvalue weighted by molar-refractivity contribution is 8.01. The SMILES string of the molecule is CSc1cccc(NC(=O)Cc2csc(SCC(=O)Nc3ccc(C)cc3)n2)c1. The molecular formula is C21H21N3O2S3. The van der Waals surface area contributed by atoms with Crippen LogP contribution in [0.25, 0.3) is 0 Å². The highest BCUT2D eigenvalue weighted by Crippen LogP contribution is 2.24. The minimum atomic E-state index is -0.109. The van der Waals surface area contributed by atoms with Gasteiger partial charge in [0.25, 0.3) is 0 Å². The Morgan fingerprint density at radius 1 is 1.03 bits per heavy atom. The van der Waals surface area contributed by atoms with Crippen LogP contribution in [0.15, 0.2) is 63.1 Å². The highest BCUT2D eigenvalue weighted by atomic mass is 32.2. The van der Waals surface area contributed by atoms with Crippen molar-refractivity contribution in [3.05, 3.63) is 65.2 Å². The number of nitrogens with zero attached hydrogens (tertiary/aromatic N) is 1. The number of nitrogens with one attached hydrogen (secondary N) is 2. The third kappa shape index (κ3) is 6.92. The van der Waals surface area contributed by atoms with Gasteiger partial charge in [-0.3, -0.25) is 9.59 Å². The zero-order chi connectivity index (χ0) is 20.6. The molecule has 29 heavy (non-hydrogen) atoms. The number of benzene rings is 2. The van der Waals surface area contributed by atoms with Gasteiger partial charge in [0.05, 0.1) is 17.9 Å². The van der Waals surface area contributed by atoms with Crippen molar-refractivity contribution in [2.24, 2.45) is 0 Å². The predicted molar refractivity (Wildman–Crippen MR) is 123 cm³/mol. The van der Waals surface area contributed by atoms with Crippen LogP contribution in [-0.4, -0.2) is 28.8 Å². The molecule has 0 aliphatic carbocycles. The first kappa shape index (κ1) is 21.4. The van der Waals surface area contributed by atoms with Crippen LogP contribution in [0.3, 0.4) is 0 Å². The standard InChI is InChI=1S/C21H21N3O2S3/c1-14-6-8-15(9-7-14)22-20(26)13-29-21-24-17(12-28-21)11-19(25)23-16-4-3-5-18(10-16)27-2/h3-10,12H,11,13H2,1-2H3,(H,22,26)(H,23,25). The summed E-state index contributed by atoms with van der Waals surface area (Å²) < 4.78 is 0.774. The first-order valence-electron chi connectivity index (χ1n) is 8.89. The zero-order valence-corrected chi connectivity index (χ0v) is 18.5. The molecule has 2 aromatic carbocycles. The molecule has 0 atom stereocenters. The number of aromatic nitrogens is 1. The van der Waals surface area contributed by atoms with E-state index in [4.69, 9.17) is 0 Å². The van der Waals surface area contributed by atoms with E-state index in [-0.39, 0.29) is 24.0 Å². The van der Waals surface area contributed by atoms with Gasteiger partial charge in [0.15, 0.2) is 4.34 Å². The summed E-state index contributed by atoms with van der Waals surface area (Å²) in [5.41, 5.74) is 3.41. The lowest BCUT2D eigenvalue weighted by Gasteiger charge is -2.05. The quantitative estimate of drug-likeness (QED) is 0.475. The van der Waals surface area contributed by atoms with Crippen molar-refractivity contribution in [3.63, 3.8) is 0 Å². The van der Waals surface area contributed by atoms with Crippen LogP contribution in [0.5, 0.6) is 0 Å². The van der Waals surface area contributed by atoms with Gasteiger partial charge in [0.2, 0.25) is 11.8 Å². The fourth-order valence-corrected chi connectivity index (χ4v) is 4.57. The van der Waals surface area contributed by atoms with Gasteiger partial charge in [-0.15, -0.1) is 23.1 Å². The topological polar surface area (TPSA) is 71.1 Å². The molecule has 8 heteroatoms. The van der Waals surface area contributed by atoms with Crippen molar-refractivity contribution < 1.29 is 9.59 Å². The Hall–Kier alpha value is -2.29. The number of aryl methyl sites for hydroxylation is 1. The Balaban J connectivity index is 1.46. The number of rotatable bonds is 8. The third-order valence-corrected chi connectivity index (χ3v) is 6.68. The largest absolute Gasteiger partial charge is 0.326 e. The van der Waals surface area contributed by atoms with Gasteiger partial charge in [0, 0.05) is 21.7 Å². The molecule has 1 aromatic heterocycles. The molecule has 1 heterocycles. The molecule has 2 N–H and O–H groups in total. The molecule has 0 fully saturated rings. The van der Waals surface area contributed by atoms with Gasteiger partial charge < -0.3 is 10.6 Å². The minimum Gasteiger partial charge on any atom is -0.326 e. The van der Waals surface area contributed by atoms with Crippen molar-refractivity contribution in [3.8, 4) is 0 Å². The van der Waals surface area contributed by atoms with Gasteiger partial charge in [-0.1, -0.05) is 35.5 Å². The highest BCUT2D eigenvalue weighted by Gasteiger charge is 2.11. The average Bonchev–Trinajstić information content (AvgIpc) is 3.15. The third-order valence-electron chi connectivity index (χ3n) is 3.89. The molecule has 0 radical (unpaired) electrons. The van der Waals surface area contributed by atoms with E-state index < -0.39 is 0 Å². The number of anilines is 2. The number of amides is 2. The number of thioether (sulfide) groups is 2. The molecule has 3 rings (SSSR count). The fraction of sp³-hybridized carbons (Fsp3) is 0.190. The van der Waals surface area contributed by atoms with Crippen LogP contribution in [0.1, 0.15) is 11.3 Å². The Bertz CT molecular complexity index is 987. The van der Waals surface area contributed by atoms with Crippen LogP contribution in [0.2, 0.25) is 0 Å². The van der Waals surface area contributed by atoms with Crippen molar-refractivity contribution in [1.29, 1.82) is 0 Å². The molecule has 0 saturated heterocycles. The fourth-order valence-electron chi connectivity index (χ4n) is 2.47. The van der Waals surface area contributed by atoms with E-state index in [2.05, 4.69) is 15.6 Å². The molecule has 0 aliphatic rings. The second kappa shape index (κ2) is 10.5.